The van der Waals surface area contributed by atoms with E-state index in [9.17, 15) is 35.0 Å². The molecule has 1 saturated heterocycles. The lowest BCUT2D eigenvalue weighted by molar-refractivity contribution is -0.384. The molecular weight excluding hydrogens is 588 g/mol. The number of imide groups is 1. The molecule has 2 aliphatic rings. The summed E-state index contributed by atoms with van der Waals surface area (Å²) in [5.74, 6) is -2.89. The Morgan fingerprint density at radius 1 is 1.04 bits per heavy atom. The number of nitro benzene ring substituents is 1. The first-order valence-corrected chi connectivity index (χ1v) is 15.5. The molecule has 1 heterocycles. The van der Waals surface area contributed by atoms with Gasteiger partial charge in [0.1, 0.15) is 18.1 Å². The number of rotatable bonds is 13. The Morgan fingerprint density at radius 3 is 2.46 bits per heavy atom. The van der Waals surface area contributed by atoms with E-state index in [1.165, 1.54) is 24.3 Å². The van der Waals surface area contributed by atoms with Crippen molar-refractivity contribution in [1.29, 1.82) is 0 Å². The van der Waals surface area contributed by atoms with Crippen LogP contribution in [0, 0.1) is 27.9 Å². The monoisotopic (exact) mass is 626 g/mol. The van der Waals surface area contributed by atoms with Gasteiger partial charge in [0.15, 0.2) is 0 Å². The summed E-state index contributed by atoms with van der Waals surface area (Å²) < 4.78 is 6.07. The fourth-order valence-corrected chi connectivity index (χ4v) is 6.65. The molecule has 240 valence electrons. The number of non-ortho nitro benzene ring substituents is 1. The molecule has 0 aromatic heterocycles. The predicted molar refractivity (Wildman–Crippen MR) is 173 cm³/mol. The quantitative estimate of drug-likeness (QED) is 0.0930. The van der Waals surface area contributed by atoms with Crippen molar-refractivity contribution in [2.75, 3.05) is 18.1 Å². The highest BCUT2D eigenvalue weighted by Gasteiger charge is 2.55. The minimum Gasteiger partial charge on any atom is -0.508 e. The van der Waals surface area contributed by atoms with Gasteiger partial charge in [-0.2, -0.15) is 0 Å². The number of aliphatic hydroxyl groups is 2. The van der Waals surface area contributed by atoms with Crippen LogP contribution in [0.15, 0.2) is 95.6 Å². The van der Waals surface area contributed by atoms with E-state index in [4.69, 9.17) is 4.74 Å². The van der Waals surface area contributed by atoms with Crippen molar-refractivity contribution in [1.82, 2.24) is 0 Å². The Hall–Kier alpha value is -4.80. The zero-order chi connectivity index (χ0) is 32.8. The van der Waals surface area contributed by atoms with E-state index in [2.05, 4.69) is 6.92 Å². The smallest absolute Gasteiger partial charge is 0.271 e. The second-order valence-electron chi connectivity index (χ2n) is 11.8. The van der Waals surface area contributed by atoms with Gasteiger partial charge in [0.05, 0.1) is 35.2 Å². The predicted octanol–water partition coefficient (Wildman–Crippen LogP) is 5.82. The van der Waals surface area contributed by atoms with Crippen LogP contribution < -0.4 is 9.64 Å². The Bertz CT molecular complexity index is 1630. The number of anilines is 1. The van der Waals surface area contributed by atoms with Gasteiger partial charge in [-0.25, -0.2) is 4.90 Å². The number of ether oxygens (including phenoxy) is 1. The van der Waals surface area contributed by atoms with Gasteiger partial charge in [-0.3, -0.25) is 19.7 Å². The number of aliphatic hydroxyl groups excluding tert-OH is 2. The van der Waals surface area contributed by atoms with Crippen LogP contribution in [0.25, 0.3) is 6.08 Å². The molecule has 0 radical (unpaired) electrons. The molecule has 1 aliphatic carbocycles. The normalized spacial score (nSPS) is 20.5. The number of carbonyl (C=O) groups is 2. The molecule has 10 nitrogen and oxygen atoms in total. The first-order chi connectivity index (χ1) is 22.2. The second kappa shape index (κ2) is 14.5. The maximum Gasteiger partial charge on any atom is 0.271 e. The van der Waals surface area contributed by atoms with Gasteiger partial charge in [-0.1, -0.05) is 61.4 Å². The van der Waals surface area contributed by atoms with Crippen molar-refractivity contribution in [2.45, 2.75) is 45.1 Å². The molecule has 0 unspecified atom stereocenters. The molecule has 4 atom stereocenters. The van der Waals surface area contributed by atoms with Crippen LogP contribution >= 0.6 is 0 Å². The van der Waals surface area contributed by atoms with Gasteiger partial charge in [0, 0.05) is 18.1 Å². The molecule has 5 rings (SSSR count). The summed E-state index contributed by atoms with van der Waals surface area (Å²) in [7, 11) is 0. The number of hydrogen-bond donors (Lipinski definition) is 3. The third kappa shape index (κ3) is 7.03. The van der Waals surface area contributed by atoms with E-state index in [0.717, 1.165) is 28.9 Å². The summed E-state index contributed by atoms with van der Waals surface area (Å²) in [4.78, 5) is 39.5. The molecule has 3 aromatic carbocycles. The number of nitro groups is 1. The third-order valence-electron chi connectivity index (χ3n) is 8.77. The summed E-state index contributed by atoms with van der Waals surface area (Å²) in [6.07, 6.45) is 3.72. The Kier molecular flexibility index (Phi) is 10.3. The number of allylic oxidation sites excluding steroid dienone is 1. The van der Waals surface area contributed by atoms with E-state index in [0.29, 0.717) is 29.7 Å². The highest BCUT2D eigenvalue weighted by molar-refractivity contribution is 6.22. The third-order valence-corrected chi connectivity index (χ3v) is 8.77. The number of phenols is 1. The summed E-state index contributed by atoms with van der Waals surface area (Å²) in [5.41, 5.74) is 3.04. The average molecular weight is 627 g/mol. The molecule has 0 bridgehead atoms. The lowest BCUT2D eigenvalue weighted by Crippen LogP contribution is -2.40. The number of amides is 2. The van der Waals surface area contributed by atoms with Gasteiger partial charge in [0.25, 0.3) is 5.69 Å². The standard InChI is InChI=1S/C36H38N2O8/c1-2-7-23(18-24-12-15-28(40)16-13-24)14-17-32(41)33-25(22-46-29-10-4-3-5-11-29)19-30-34(31(33)21-39)36(43)37(35(30)42)26-8-6-9-27(20-26)38(44)45/h3-6,8-13,15-16,18,20,30-32,34,39-41H,2,7,14,17,19,21-22H2,1H3/b23-18+/t30-,31+,32-,34-/m1/s1. The van der Waals surface area contributed by atoms with Crippen molar-refractivity contribution in [3.63, 3.8) is 0 Å². The average Bonchev–Trinajstić information content (AvgIpc) is 3.31. The molecule has 10 heteroatoms. The SMILES string of the molecule is CCC/C(=C\c1ccc(O)cc1)CC[C@@H](O)C1=C(COc2ccccc2)C[C@H]2C(=O)N(c3cccc([N+](=O)[O-])c3)C(=O)[C@H]2[C@H]1CO. The van der Waals surface area contributed by atoms with Crippen LogP contribution in [0.4, 0.5) is 11.4 Å². The van der Waals surface area contributed by atoms with Crippen molar-refractivity contribution < 1.29 is 34.6 Å². The van der Waals surface area contributed by atoms with Gasteiger partial charge < -0.3 is 20.1 Å². The molecule has 1 fully saturated rings. The molecule has 3 N–H and O–H groups in total. The lowest BCUT2D eigenvalue weighted by Gasteiger charge is -2.36. The first-order valence-electron chi connectivity index (χ1n) is 15.5. The highest BCUT2D eigenvalue weighted by atomic mass is 16.6. The summed E-state index contributed by atoms with van der Waals surface area (Å²) in [6, 6.07) is 21.4. The lowest BCUT2D eigenvalue weighted by atomic mass is 9.68. The second-order valence-corrected chi connectivity index (χ2v) is 11.8. The molecule has 46 heavy (non-hydrogen) atoms. The molecule has 0 saturated carbocycles. The van der Waals surface area contributed by atoms with E-state index in [1.54, 1.807) is 24.3 Å². The molecule has 0 spiro atoms. The van der Waals surface area contributed by atoms with Gasteiger partial charge in [-0.05, 0) is 72.7 Å². The zero-order valence-electron chi connectivity index (χ0n) is 25.6. The highest BCUT2D eigenvalue weighted by Crippen LogP contribution is 2.47. The van der Waals surface area contributed by atoms with Crippen LogP contribution in [0.1, 0.15) is 44.6 Å². The van der Waals surface area contributed by atoms with Gasteiger partial charge in [-0.15, -0.1) is 0 Å². The maximum absolute atomic E-state index is 13.9. The topological polar surface area (TPSA) is 150 Å². The molecular formula is C36H38N2O8. The Labute approximate surface area is 267 Å². The number of aromatic hydroxyl groups is 1. The Balaban J connectivity index is 1.46. The summed E-state index contributed by atoms with van der Waals surface area (Å²) in [6.45, 7) is 1.65. The van der Waals surface area contributed by atoms with E-state index in [1.807, 2.05) is 36.4 Å². The van der Waals surface area contributed by atoms with E-state index >= 15 is 0 Å². The summed E-state index contributed by atoms with van der Waals surface area (Å²) >= 11 is 0. The number of benzene rings is 3. The minimum atomic E-state index is -1.03. The number of nitrogens with zero attached hydrogens (tertiary/aromatic N) is 2. The first kappa shape index (κ1) is 32.6. The summed E-state index contributed by atoms with van der Waals surface area (Å²) in [5, 5.41) is 43.5. The van der Waals surface area contributed by atoms with E-state index in [-0.39, 0.29) is 30.2 Å². The molecule has 3 aromatic rings. The fourth-order valence-electron chi connectivity index (χ4n) is 6.65. The largest absolute Gasteiger partial charge is 0.508 e. The van der Waals surface area contributed by atoms with Gasteiger partial charge in [0.2, 0.25) is 11.8 Å². The number of phenolic OH excluding ortho intramolecular Hbond substituents is 1. The number of fused-ring (bicyclic) bond motifs is 1. The zero-order valence-corrected chi connectivity index (χ0v) is 25.6. The van der Waals surface area contributed by atoms with Crippen LogP contribution in [0.5, 0.6) is 11.5 Å². The van der Waals surface area contributed by atoms with Crippen molar-refractivity contribution in [2.24, 2.45) is 17.8 Å². The fraction of sp³-hybridized carbons (Fsp3) is 0.333. The number of carbonyl (C=O) groups excluding carboxylic acids is 2. The van der Waals surface area contributed by atoms with Crippen LogP contribution in [-0.2, 0) is 9.59 Å². The van der Waals surface area contributed by atoms with Crippen molar-refractivity contribution in [3.05, 3.63) is 111 Å². The van der Waals surface area contributed by atoms with Crippen LogP contribution in [-0.4, -0.2) is 51.4 Å². The minimum absolute atomic E-state index is 0.0551. The van der Waals surface area contributed by atoms with Crippen LogP contribution in [0.2, 0.25) is 0 Å². The maximum atomic E-state index is 13.9. The Morgan fingerprint density at radius 2 is 1.78 bits per heavy atom. The van der Waals surface area contributed by atoms with Crippen molar-refractivity contribution in [3.8, 4) is 11.5 Å². The van der Waals surface area contributed by atoms with Crippen molar-refractivity contribution >= 4 is 29.3 Å². The molecule has 2 amide bonds. The van der Waals surface area contributed by atoms with Gasteiger partial charge >= 0.3 is 0 Å². The molecule has 1 aliphatic heterocycles. The number of para-hydroxylation sites is 1. The van der Waals surface area contributed by atoms with E-state index < -0.39 is 47.2 Å². The van der Waals surface area contributed by atoms with Crippen LogP contribution in [0.3, 0.4) is 0 Å². The number of hydrogen-bond acceptors (Lipinski definition) is 8.